The van der Waals surface area contributed by atoms with Crippen LogP contribution in [0, 0.1) is 0 Å². The van der Waals surface area contributed by atoms with Crippen molar-refractivity contribution in [2.45, 2.75) is 37.9 Å². The number of nitrogens with zero attached hydrogens (tertiary/aromatic N) is 4. The molecule has 0 bridgehead atoms. The van der Waals surface area contributed by atoms with Crippen molar-refractivity contribution < 1.29 is 9.59 Å². The van der Waals surface area contributed by atoms with Gasteiger partial charge < -0.3 is 10.2 Å². The fourth-order valence-corrected chi connectivity index (χ4v) is 4.21. The summed E-state index contributed by atoms with van der Waals surface area (Å²) >= 11 is 0. The highest BCUT2D eigenvalue weighted by molar-refractivity contribution is 5.88. The third-order valence-electron chi connectivity index (χ3n) is 5.71. The largest absolute Gasteiger partial charge is 0.353 e. The van der Waals surface area contributed by atoms with Crippen molar-refractivity contribution in [1.29, 1.82) is 0 Å². The molecule has 2 aromatic rings. The maximum atomic E-state index is 12.8. The summed E-state index contributed by atoms with van der Waals surface area (Å²) in [7, 11) is 1.75. The zero-order chi connectivity index (χ0) is 19.5. The topological polar surface area (TPSA) is 78.4 Å². The number of hydrogen-bond acceptors (Lipinski definition) is 5. The molecule has 1 unspecified atom stereocenters. The second-order valence-corrected chi connectivity index (χ2v) is 7.53. The second-order valence-electron chi connectivity index (χ2n) is 7.53. The van der Waals surface area contributed by atoms with E-state index in [1.165, 1.54) is 17.5 Å². The van der Waals surface area contributed by atoms with Gasteiger partial charge in [0.05, 0.1) is 24.7 Å². The molecule has 7 heteroatoms. The predicted octanol–water partition coefficient (Wildman–Crippen LogP) is 0.793. The predicted molar refractivity (Wildman–Crippen MR) is 104 cm³/mol. The number of hydrogen-bond donors (Lipinski definition) is 1. The van der Waals surface area contributed by atoms with Crippen LogP contribution in [-0.4, -0.2) is 63.8 Å². The Kier molecular flexibility index (Phi) is 5.34. The molecular formula is C21H25N5O2. The molecule has 4 rings (SSSR count). The monoisotopic (exact) mass is 379 g/mol. The maximum Gasteiger partial charge on any atom is 0.237 e. The quantitative estimate of drug-likeness (QED) is 0.831. The zero-order valence-corrected chi connectivity index (χ0v) is 16.0. The van der Waals surface area contributed by atoms with Gasteiger partial charge in [-0.05, 0) is 30.0 Å². The summed E-state index contributed by atoms with van der Waals surface area (Å²) < 4.78 is 0. The molecule has 1 aliphatic heterocycles. The van der Waals surface area contributed by atoms with E-state index in [-0.39, 0.29) is 24.3 Å². The molecule has 2 amide bonds. The molecule has 0 spiro atoms. The molecule has 1 atom stereocenters. The number of rotatable bonds is 5. The van der Waals surface area contributed by atoms with Crippen LogP contribution in [0.15, 0.2) is 42.9 Å². The number of aromatic nitrogens is 2. The first kappa shape index (κ1) is 18.6. The average molecular weight is 379 g/mol. The lowest BCUT2D eigenvalue weighted by atomic mass is 10.0. The van der Waals surface area contributed by atoms with Crippen LogP contribution in [0.1, 0.15) is 23.2 Å². The Bertz CT molecular complexity index is 832. The van der Waals surface area contributed by atoms with E-state index in [0.717, 1.165) is 25.1 Å². The van der Waals surface area contributed by atoms with Gasteiger partial charge in [0.2, 0.25) is 11.8 Å². The van der Waals surface area contributed by atoms with Crippen molar-refractivity contribution in [2.75, 3.05) is 20.1 Å². The van der Waals surface area contributed by atoms with Gasteiger partial charge >= 0.3 is 0 Å². The summed E-state index contributed by atoms with van der Waals surface area (Å²) in [6.07, 6.45) is 5.19. The standard InChI is InChI=1S/C21H25N5O2/c1-25(13-17-6-7-22-14-24-17)20(27)12-19-21(28)23-8-9-26(19)18-10-15-4-2-3-5-16(15)11-18/h2-7,14,18-19H,8-13H2,1H3,(H,23,28). The van der Waals surface area contributed by atoms with Crippen LogP contribution < -0.4 is 5.32 Å². The Labute approximate surface area is 164 Å². The Morgan fingerprint density at radius 3 is 2.68 bits per heavy atom. The molecule has 1 fully saturated rings. The van der Waals surface area contributed by atoms with Gasteiger partial charge in [-0.3, -0.25) is 14.5 Å². The first-order valence-corrected chi connectivity index (χ1v) is 9.71. The minimum absolute atomic E-state index is 0.0500. The number of piperazine rings is 1. The number of benzene rings is 1. The lowest BCUT2D eigenvalue weighted by Gasteiger charge is -2.39. The molecule has 146 valence electrons. The highest BCUT2D eigenvalue weighted by Gasteiger charge is 2.38. The minimum Gasteiger partial charge on any atom is -0.353 e. The molecule has 1 aliphatic carbocycles. The fourth-order valence-electron chi connectivity index (χ4n) is 4.21. The molecule has 0 saturated carbocycles. The van der Waals surface area contributed by atoms with E-state index in [2.05, 4.69) is 44.5 Å². The first-order valence-electron chi connectivity index (χ1n) is 9.71. The van der Waals surface area contributed by atoms with Crippen LogP contribution in [0.25, 0.3) is 0 Å². The fraction of sp³-hybridized carbons (Fsp3) is 0.429. The third-order valence-corrected chi connectivity index (χ3v) is 5.71. The number of carbonyl (C=O) groups excluding carboxylic acids is 2. The summed E-state index contributed by atoms with van der Waals surface area (Å²) in [4.78, 5) is 37.4. The van der Waals surface area contributed by atoms with Gasteiger partial charge in [-0.2, -0.15) is 0 Å². The van der Waals surface area contributed by atoms with Crippen LogP contribution in [0.3, 0.4) is 0 Å². The molecule has 2 heterocycles. The Morgan fingerprint density at radius 2 is 2.00 bits per heavy atom. The van der Waals surface area contributed by atoms with Crippen LogP contribution in [-0.2, 0) is 29.0 Å². The summed E-state index contributed by atoms with van der Waals surface area (Å²) in [6, 6.07) is 10.1. The third kappa shape index (κ3) is 3.89. The van der Waals surface area contributed by atoms with Crippen molar-refractivity contribution in [3.8, 4) is 0 Å². The minimum atomic E-state index is -0.423. The summed E-state index contributed by atoms with van der Waals surface area (Å²) in [5.41, 5.74) is 3.48. The molecular weight excluding hydrogens is 354 g/mol. The molecule has 1 N–H and O–H groups in total. The molecule has 1 aromatic carbocycles. The normalized spacial score (nSPS) is 19.9. The second kappa shape index (κ2) is 8.06. The van der Waals surface area contributed by atoms with Gasteiger partial charge in [-0.25, -0.2) is 9.97 Å². The lowest BCUT2D eigenvalue weighted by molar-refractivity contribution is -0.139. The number of carbonyl (C=O) groups is 2. The summed E-state index contributed by atoms with van der Waals surface area (Å²) in [5, 5.41) is 2.93. The van der Waals surface area contributed by atoms with Gasteiger partial charge in [0.1, 0.15) is 6.33 Å². The van der Waals surface area contributed by atoms with Gasteiger partial charge in [0.25, 0.3) is 0 Å². The summed E-state index contributed by atoms with van der Waals surface area (Å²) in [5.74, 6) is -0.104. The van der Waals surface area contributed by atoms with Crippen LogP contribution in [0.4, 0.5) is 0 Å². The highest BCUT2D eigenvalue weighted by atomic mass is 16.2. The van der Waals surface area contributed by atoms with E-state index in [1.807, 2.05) is 0 Å². The number of nitrogens with one attached hydrogen (secondary N) is 1. The first-order chi connectivity index (χ1) is 13.6. The Hall–Kier alpha value is -2.80. The van der Waals surface area contributed by atoms with Crippen molar-refractivity contribution in [3.63, 3.8) is 0 Å². The lowest BCUT2D eigenvalue weighted by Crippen LogP contribution is -2.59. The highest BCUT2D eigenvalue weighted by Crippen LogP contribution is 2.28. The van der Waals surface area contributed by atoms with Gasteiger partial charge in [0, 0.05) is 32.4 Å². The number of amides is 2. The van der Waals surface area contributed by atoms with Crippen molar-refractivity contribution in [3.05, 3.63) is 59.7 Å². The maximum absolute atomic E-state index is 12.8. The van der Waals surface area contributed by atoms with E-state index < -0.39 is 6.04 Å². The SMILES string of the molecule is CN(Cc1ccncn1)C(=O)CC1C(=O)NCCN1C1Cc2ccccc2C1. The summed E-state index contributed by atoms with van der Waals surface area (Å²) in [6.45, 7) is 1.82. The molecule has 1 saturated heterocycles. The van der Waals surface area contributed by atoms with Gasteiger partial charge in [-0.1, -0.05) is 24.3 Å². The van der Waals surface area contributed by atoms with Gasteiger partial charge in [0.15, 0.2) is 0 Å². The van der Waals surface area contributed by atoms with Crippen LogP contribution in [0.5, 0.6) is 0 Å². The molecule has 28 heavy (non-hydrogen) atoms. The van der Waals surface area contributed by atoms with Gasteiger partial charge in [-0.15, -0.1) is 0 Å². The van der Waals surface area contributed by atoms with E-state index in [9.17, 15) is 9.59 Å². The van der Waals surface area contributed by atoms with Crippen molar-refractivity contribution >= 4 is 11.8 Å². The molecule has 2 aliphatic rings. The van der Waals surface area contributed by atoms with E-state index in [1.54, 1.807) is 24.2 Å². The van der Waals surface area contributed by atoms with E-state index in [0.29, 0.717) is 13.1 Å². The van der Waals surface area contributed by atoms with Crippen LogP contribution >= 0.6 is 0 Å². The molecule has 7 nitrogen and oxygen atoms in total. The number of fused-ring (bicyclic) bond motifs is 1. The van der Waals surface area contributed by atoms with Crippen LogP contribution in [0.2, 0.25) is 0 Å². The molecule has 1 aromatic heterocycles. The van der Waals surface area contributed by atoms with E-state index >= 15 is 0 Å². The van der Waals surface area contributed by atoms with E-state index in [4.69, 9.17) is 0 Å². The van der Waals surface area contributed by atoms with Crippen molar-refractivity contribution in [2.24, 2.45) is 0 Å². The Balaban J connectivity index is 1.43. The smallest absolute Gasteiger partial charge is 0.237 e. The average Bonchev–Trinajstić information content (AvgIpc) is 3.14. The zero-order valence-electron chi connectivity index (χ0n) is 16.0. The Morgan fingerprint density at radius 1 is 1.25 bits per heavy atom. The van der Waals surface area contributed by atoms with Crippen molar-refractivity contribution in [1.82, 2.24) is 25.1 Å². The molecule has 0 radical (unpaired) electrons.